The number of ether oxygens (including phenoxy) is 1. The van der Waals surface area contributed by atoms with Crippen molar-refractivity contribution in [1.82, 2.24) is 0 Å². The van der Waals surface area contributed by atoms with Crippen LogP contribution in [0, 0.1) is 12.7 Å². The summed E-state index contributed by atoms with van der Waals surface area (Å²) in [5, 5.41) is 5.78. The van der Waals surface area contributed by atoms with Crippen LogP contribution in [-0.4, -0.2) is 5.90 Å². The van der Waals surface area contributed by atoms with E-state index in [2.05, 4.69) is 5.10 Å². The molecule has 2 aromatic rings. The maximum absolute atomic E-state index is 13.8. The highest BCUT2D eigenvalue weighted by atomic mass is 19.1. The lowest BCUT2D eigenvalue weighted by atomic mass is 10.1. The minimum Gasteiger partial charge on any atom is -0.443 e. The minimum atomic E-state index is -0.328. The molecule has 0 bridgehead atoms. The van der Waals surface area contributed by atoms with Crippen molar-refractivity contribution in [3.05, 3.63) is 77.9 Å². The molecule has 0 spiro atoms. The maximum atomic E-state index is 13.8. The van der Waals surface area contributed by atoms with E-state index in [1.165, 1.54) is 17.3 Å². The third-order valence-corrected chi connectivity index (χ3v) is 2.98. The van der Waals surface area contributed by atoms with E-state index in [9.17, 15) is 4.39 Å². The lowest BCUT2D eigenvalue weighted by molar-refractivity contribution is 0.457. The quantitative estimate of drug-likeness (QED) is 0.827. The van der Waals surface area contributed by atoms with E-state index >= 15 is 0 Å². The summed E-state index contributed by atoms with van der Waals surface area (Å²) in [6, 6.07) is 14.3. The SMILES string of the molecule is Cc1ccc(C2=NN(c3ccccc3F)C=CO2)cc1. The van der Waals surface area contributed by atoms with E-state index in [4.69, 9.17) is 4.74 Å². The van der Waals surface area contributed by atoms with Gasteiger partial charge in [0.05, 0.1) is 6.20 Å². The monoisotopic (exact) mass is 268 g/mol. The number of hydrazone groups is 1. The minimum absolute atomic E-state index is 0.328. The first kappa shape index (κ1) is 12.4. The fraction of sp³-hybridized carbons (Fsp3) is 0.0625. The summed E-state index contributed by atoms with van der Waals surface area (Å²) in [7, 11) is 0. The number of rotatable bonds is 2. The molecule has 0 N–H and O–H groups in total. The van der Waals surface area contributed by atoms with Gasteiger partial charge in [0.2, 0.25) is 5.90 Å². The Balaban J connectivity index is 1.95. The Labute approximate surface area is 116 Å². The summed E-state index contributed by atoms with van der Waals surface area (Å²) < 4.78 is 19.2. The van der Waals surface area contributed by atoms with Crippen LogP contribution in [0.2, 0.25) is 0 Å². The van der Waals surface area contributed by atoms with Crippen LogP contribution in [0.3, 0.4) is 0 Å². The Morgan fingerprint density at radius 1 is 1.05 bits per heavy atom. The van der Waals surface area contributed by atoms with Crippen LogP contribution in [0.25, 0.3) is 0 Å². The molecule has 20 heavy (non-hydrogen) atoms. The smallest absolute Gasteiger partial charge is 0.243 e. The van der Waals surface area contributed by atoms with Gasteiger partial charge in [-0.3, -0.25) is 0 Å². The van der Waals surface area contributed by atoms with Crippen LogP contribution in [0.1, 0.15) is 11.1 Å². The average molecular weight is 268 g/mol. The number of aryl methyl sites for hydroxylation is 1. The number of benzene rings is 2. The number of halogens is 1. The molecule has 100 valence electrons. The molecule has 0 amide bonds. The first-order chi connectivity index (χ1) is 9.74. The van der Waals surface area contributed by atoms with Gasteiger partial charge in [0.25, 0.3) is 0 Å². The molecular weight excluding hydrogens is 255 g/mol. The zero-order valence-corrected chi connectivity index (χ0v) is 11.0. The predicted octanol–water partition coefficient (Wildman–Crippen LogP) is 3.80. The van der Waals surface area contributed by atoms with E-state index in [0.717, 1.165) is 11.1 Å². The van der Waals surface area contributed by atoms with Gasteiger partial charge < -0.3 is 4.74 Å². The molecule has 4 heteroatoms. The number of nitrogens with zero attached hydrogens (tertiary/aromatic N) is 2. The van der Waals surface area contributed by atoms with E-state index in [1.54, 1.807) is 24.4 Å². The van der Waals surface area contributed by atoms with Crippen LogP contribution in [-0.2, 0) is 4.74 Å². The largest absolute Gasteiger partial charge is 0.443 e. The molecule has 2 aromatic carbocycles. The summed E-state index contributed by atoms with van der Waals surface area (Å²) in [6.07, 6.45) is 3.07. The molecule has 0 fully saturated rings. The summed E-state index contributed by atoms with van der Waals surface area (Å²) in [6.45, 7) is 2.01. The van der Waals surface area contributed by atoms with Gasteiger partial charge in [0.15, 0.2) is 0 Å². The molecule has 0 unspecified atom stereocenters. The molecule has 0 aromatic heterocycles. The summed E-state index contributed by atoms with van der Waals surface area (Å²) >= 11 is 0. The van der Waals surface area contributed by atoms with E-state index in [0.29, 0.717) is 11.6 Å². The Morgan fingerprint density at radius 3 is 2.55 bits per heavy atom. The average Bonchev–Trinajstić information content (AvgIpc) is 2.49. The molecule has 0 saturated heterocycles. The second-order valence-corrected chi connectivity index (χ2v) is 4.47. The van der Waals surface area contributed by atoms with Crippen LogP contribution in [0.15, 0.2) is 66.1 Å². The molecule has 3 nitrogen and oxygen atoms in total. The number of hydrogen-bond acceptors (Lipinski definition) is 3. The third-order valence-electron chi connectivity index (χ3n) is 2.98. The van der Waals surface area contributed by atoms with Crippen molar-refractivity contribution in [2.24, 2.45) is 5.10 Å². The Hall–Kier alpha value is -2.62. The molecule has 1 aliphatic rings. The topological polar surface area (TPSA) is 24.8 Å². The lowest BCUT2D eigenvalue weighted by Gasteiger charge is -2.20. The molecule has 1 aliphatic heterocycles. The van der Waals surface area contributed by atoms with Gasteiger partial charge in [-0.05, 0) is 31.2 Å². The van der Waals surface area contributed by atoms with Crippen LogP contribution >= 0.6 is 0 Å². The molecule has 0 radical (unpaired) electrons. The molecule has 0 atom stereocenters. The fourth-order valence-corrected chi connectivity index (χ4v) is 1.90. The molecule has 1 heterocycles. The third kappa shape index (κ3) is 2.40. The van der Waals surface area contributed by atoms with Crippen LogP contribution < -0.4 is 5.01 Å². The summed E-state index contributed by atoms with van der Waals surface area (Å²) in [4.78, 5) is 0. The van der Waals surface area contributed by atoms with Crippen LogP contribution in [0.4, 0.5) is 10.1 Å². The van der Waals surface area contributed by atoms with Crippen molar-refractivity contribution in [3.8, 4) is 0 Å². The number of para-hydroxylation sites is 1. The number of anilines is 1. The highest BCUT2D eigenvalue weighted by Crippen LogP contribution is 2.22. The first-order valence-electron chi connectivity index (χ1n) is 6.27. The van der Waals surface area contributed by atoms with Crippen LogP contribution in [0.5, 0.6) is 0 Å². The lowest BCUT2D eigenvalue weighted by Crippen LogP contribution is -2.19. The predicted molar refractivity (Wildman–Crippen MR) is 76.8 cm³/mol. The molecule has 0 saturated carbocycles. The van der Waals surface area contributed by atoms with Gasteiger partial charge in [0.1, 0.15) is 17.8 Å². The van der Waals surface area contributed by atoms with Gasteiger partial charge in [-0.15, -0.1) is 5.10 Å². The van der Waals surface area contributed by atoms with Crippen molar-refractivity contribution in [1.29, 1.82) is 0 Å². The van der Waals surface area contributed by atoms with Gasteiger partial charge in [-0.1, -0.05) is 29.8 Å². The first-order valence-corrected chi connectivity index (χ1v) is 6.27. The Kier molecular flexibility index (Phi) is 3.21. The Bertz CT molecular complexity index is 677. The van der Waals surface area contributed by atoms with Gasteiger partial charge in [0, 0.05) is 5.56 Å². The zero-order valence-electron chi connectivity index (χ0n) is 11.0. The zero-order chi connectivity index (χ0) is 13.9. The second kappa shape index (κ2) is 5.17. The highest BCUT2D eigenvalue weighted by Gasteiger charge is 2.14. The van der Waals surface area contributed by atoms with Gasteiger partial charge >= 0.3 is 0 Å². The molecule has 0 aliphatic carbocycles. The molecule has 3 rings (SSSR count). The highest BCUT2D eigenvalue weighted by molar-refractivity contribution is 5.95. The Morgan fingerprint density at radius 2 is 1.80 bits per heavy atom. The summed E-state index contributed by atoms with van der Waals surface area (Å²) in [5.41, 5.74) is 2.39. The van der Waals surface area contributed by atoms with Gasteiger partial charge in [-0.25, -0.2) is 9.40 Å². The van der Waals surface area contributed by atoms with E-state index < -0.39 is 0 Å². The summed E-state index contributed by atoms with van der Waals surface area (Å²) in [5.74, 6) is 0.113. The van der Waals surface area contributed by atoms with Crippen molar-refractivity contribution >= 4 is 11.6 Å². The van der Waals surface area contributed by atoms with Crippen molar-refractivity contribution in [2.45, 2.75) is 6.92 Å². The van der Waals surface area contributed by atoms with E-state index in [1.807, 2.05) is 31.2 Å². The van der Waals surface area contributed by atoms with E-state index in [-0.39, 0.29) is 5.82 Å². The van der Waals surface area contributed by atoms with Crippen molar-refractivity contribution < 1.29 is 9.13 Å². The van der Waals surface area contributed by atoms with Crippen molar-refractivity contribution in [3.63, 3.8) is 0 Å². The van der Waals surface area contributed by atoms with Gasteiger partial charge in [-0.2, -0.15) is 0 Å². The van der Waals surface area contributed by atoms with Crippen molar-refractivity contribution in [2.75, 3.05) is 5.01 Å². The maximum Gasteiger partial charge on any atom is 0.243 e. The normalized spacial score (nSPS) is 13.9. The fourth-order valence-electron chi connectivity index (χ4n) is 1.90. The standard InChI is InChI=1S/C16H13FN2O/c1-12-6-8-13(9-7-12)16-18-19(10-11-20-16)15-5-3-2-4-14(15)17/h2-11H,1H3. The molecular formula is C16H13FN2O. The second-order valence-electron chi connectivity index (χ2n) is 4.47. The number of hydrogen-bond donors (Lipinski definition) is 0.